The molecule has 5 nitrogen and oxygen atoms in total. The Kier molecular flexibility index (Phi) is 1.84. The smallest absolute Gasteiger partial charge is 0.256 e. The molecule has 0 atom stereocenters. The van der Waals surface area contributed by atoms with E-state index in [0.29, 0.717) is 10.9 Å². The third-order valence-electron chi connectivity index (χ3n) is 1.58. The molecule has 2 heterocycles. The van der Waals surface area contributed by atoms with Crippen LogP contribution >= 0.6 is 11.8 Å². The lowest BCUT2D eigenvalue weighted by Crippen LogP contribution is -1.93. The van der Waals surface area contributed by atoms with E-state index < -0.39 is 0 Å². The van der Waals surface area contributed by atoms with Crippen molar-refractivity contribution in [3.8, 4) is 5.88 Å². The van der Waals surface area contributed by atoms with Crippen LogP contribution in [-0.2, 0) is 0 Å². The molecule has 0 aliphatic heterocycles. The SMILES string of the molecule is CSc1nc2nc(C)cc(O)n2n1. The lowest BCUT2D eigenvalue weighted by Gasteiger charge is -1.95. The lowest BCUT2D eigenvalue weighted by atomic mass is 10.4. The largest absolute Gasteiger partial charge is 0.493 e. The van der Waals surface area contributed by atoms with Crippen LogP contribution in [0.25, 0.3) is 5.78 Å². The molecule has 0 saturated carbocycles. The predicted molar refractivity (Wildman–Crippen MR) is 49.0 cm³/mol. The number of nitrogens with zero attached hydrogens (tertiary/aromatic N) is 4. The summed E-state index contributed by atoms with van der Waals surface area (Å²) in [5.41, 5.74) is 0.727. The van der Waals surface area contributed by atoms with E-state index in [9.17, 15) is 5.11 Å². The van der Waals surface area contributed by atoms with Crippen LogP contribution in [0.4, 0.5) is 0 Å². The molecule has 0 aliphatic carbocycles. The third kappa shape index (κ3) is 1.33. The van der Waals surface area contributed by atoms with Gasteiger partial charge in [0.05, 0.1) is 0 Å². The number of aryl methyl sites for hydroxylation is 1. The zero-order valence-corrected chi connectivity index (χ0v) is 8.04. The predicted octanol–water partition coefficient (Wildman–Crippen LogP) is 0.860. The van der Waals surface area contributed by atoms with Gasteiger partial charge in [0, 0.05) is 11.8 Å². The maximum atomic E-state index is 9.47. The molecule has 1 N–H and O–H groups in total. The Bertz CT molecular complexity index is 453. The number of hydrogen-bond acceptors (Lipinski definition) is 5. The fourth-order valence-electron chi connectivity index (χ4n) is 1.04. The summed E-state index contributed by atoms with van der Waals surface area (Å²) < 4.78 is 1.32. The second-order valence-electron chi connectivity index (χ2n) is 2.57. The maximum Gasteiger partial charge on any atom is 0.256 e. The first-order valence-corrected chi connectivity index (χ1v) is 4.90. The third-order valence-corrected chi connectivity index (χ3v) is 2.12. The summed E-state index contributed by atoms with van der Waals surface area (Å²) in [6.07, 6.45) is 1.87. The highest BCUT2D eigenvalue weighted by molar-refractivity contribution is 7.98. The van der Waals surface area contributed by atoms with Gasteiger partial charge in [0.1, 0.15) is 0 Å². The van der Waals surface area contributed by atoms with Crippen molar-refractivity contribution >= 4 is 17.5 Å². The minimum absolute atomic E-state index is 0.0651. The molecule has 0 radical (unpaired) electrons. The van der Waals surface area contributed by atoms with Gasteiger partial charge < -0.3 is 5.11 Å². The molecule has 0 spiro atoms. The number of rotatable bonds is 1. The van der Waals surface area contributed by atoms with Crippen molar-refractivity contribution in [1.29, 1.82) is 0 Å². The quantitative estimate of drug-likeness (QED) is 0.685. The molecule has 0 saturated heterocycles. The Morgan fingerprint density at radius 2 is 2.23 bits per heavy atom. The molecule has 2 aromatic rings. The van der Waals surface area contributed by atoms with E-state index in [-0.39, 0.29) is 5.88 Å². The molecular weight excluding hydrogens is 188 g/mol. The van der Waals surface area contributed by atoms with Crippen LogP contribution in [0.2, 0.25) is 0 Å². The number of fused-ring (bicyclic) bond motifs is 1. The minimum Gasteiger partial charge on any atom is -0.493 e. The van der Waals surface area contributed by atoms with Crippen molar-refractivity contribution in [2.45, 2.75) is 12.1 Å². The van der Waals surface area contributed by atoms with E-state index in [1.165, 1.54) is 16.3 Å². The van der Waals surface area contributed by atoms with Crippen molar-refractivity contribution in [2.24, 2.45) is 0 Å². The second kappa shape index (κ2) is 2.88. The van der Waals surface area contributed by atoms with Gasteiger partial charge in [-0.3, -0.25) is 0 Å². The van der Waals surface area contributed by atoms with E-state index >= 15 is 0 Å². The molecule has 6 heteroatoms. The van der Waals surface area contributed by atoms with Crippen LogP contribution in [0, 0.1) is 6.92 Å². The highest BCUT2D eigenvalue weighted by Gasteiger charge is 2.07. The molecule has 0 aliphatic rings. The highest BCUT2D eigenvalue weighted by Crippen LogP contribution is 2.15. The monoisotopic (exact) mass is 196 g/mol. The summed E-state index contributed by atoms with van der Waals surface area (Å²) in [6.45, 7) is 1.80. The van der Waals surface area contributed by atoms with Crippen LogP contribution in [0.1, 0.15) is 5.69 Å². The number of aromatic hydroxyl groups is 1. The Balaban J connectivity index is 2.75. The van der Waals surface area contributed by atoms with E-state index in [2.05, 4.69) is 15.1 Å². The first kappa shape index (κ1) is 8.31. The van der Waals surface area contributed by atoms with E-state index in [1.54, 1.807) is 13.0 Å². The van der Waals surface area contributed by atoms with Crippen LogP contribution in [0.5, 0.6) is 5.88 Å². The van der Waals surface area contributed by atoms with Crippen molar-refractivity contribution in [3.63, 3.8) is 0 Å². The molecule has 0 aromatic carbocycles. The van der Waals surface area contributed by atoms with Crippen LogP contribution in [-0.4, -0.2) is 30.9 Å². The molecular formula is C7H8N4OS. The normalized spacial score (nSPS) is 10.9. The molecule has 2 aromatic heterocycles. The molecule has 2 rings (SSSR count). The minimum atomic E-state index is 0.0651. The summed E-state index contributed by atoms with van der Waals surface area (Å²) in [4.78, 5) is 8.22. The summed E-state index contributed by atoms with van der Waals surface area (Å²) in [5.74, 6) is 0.497. The standard InChI is InChI=1S/C7H8N4OS/c1-4-3-5(12)11-6(8-4)9-7(10-11)13-2/h3,12H,1-2H3. The second-order valence-corrected chi connectivity index (χ2v) is 3.34. The number of aromatic nitrogens is 4. The zero-order chi connectivity index (χ0) is 9.42. The Morgan fingerprint density at radius 1 is 1.46 bits per heavy atom. The highest BCUT2D eigenvalue weighted by atomic mass is 32.2. The van der Waals surface area contributed by atoms with Crippen molar-refractivity contribution < 1.29 is 5.11 Å². The molecule has 0 bridgehead atoms. The van der Waals surface area contributed by atoms with Gasteiger partial charge in [-0.05, 0) is 13.2 Å². The van der Waals surface area contributed by atoms with Crippen LogP contribution in [0.3, 0.4) is 0 Å². The number of hydrogen-bond donors (Lipinski definition) is 1. The molecule has 68 valence electrons. The molecule has 0 fully saturated rings. The van der Waals surface area contributed by atoms with Gasteiger partial charge in [0.2, 0.25) is 11.0 Å². The summed E-state index contributed by atoms with van der Waals surface area (Å²) in [7, 11) is 0. The Labute approximate surface area is 78.8 Å². The molecule has 0 amide bonds. The van der Waals surface area contributed by atoms with Gasteiger partial charge in [-0.15, -0.1) is 5.10 Å². The maximum absolute atomic E-state index is 9.47. The van der Waals surface area contributed by atoms with Gasteiger partial charge in [-0.1, -0.05) is 11.8 Å². The van der Waals surface area contributed by atoms with Gasteiger partial charge in [0.15, 0.2) is 0 Å². The van der Waals surface area contributed by atoms with Crippen molar-refractivity contribution in [3.05, 3.63) is 11.8 Å². The van der Waals surface area contributed by atoms with Crippen LogP contribution < -0.4 is 0 Å². The molecule has 13 heavy (non-hydrogen) atoms. The first-order chi connectivity index (χ1) is 6.20. The van der Waals surface area contributed by atoms with Gasteiger partial charge in [-0.25, -0.2) is 4.98 Å². The fraction of sp³-hybridized carbons (Fsp3) is 0.286. The Hall–Kier alpha value is -1.30. The lowest BCUT2D eigenvalue weighted by molar-refractivity contribution is 0.433. The summed E-state index contributed by atoms with van der Waals surface area (Å²) in [6, 6.07) is 1.55. The fourth-order valence-corrected chi connectivity index (χ4v) is 1.37. The van der Waals surface area contributed by atoms with E-state index in [4.69, 9.17) is 0 Å². The summed E-state index contributed by atoms with van der Waals surface area (Å²) in [5, 5.41) is 14.1. The summed E-state index contributed by atoms with van der Waals surface area (Å²) >= 11 is 1.41. The first-order valence-electron chi connectivity index (χ1n) is 3.68. The number of thioether (sulfide) groups is 1. The Morgan fingerprint density at radius 3 is 2.92 bits per heavy atom. The van der Waals surface area contributed by atoms with E-state index in [1.807, 2.05) is 6.26 Å². The van der Waals surface area contributed by atoms with E-state index in [0.717, 1.165) is 5.69 Å². The zero-order valence-electron chi connectivity index (χ0n) is 7.22. The van der Waals surface area contributed by atoms with Gasteiger partial charge >= 0.3 is 0 Å². The topological polar surface area (TPSA) is 63.3 Å². The van der Waals surface area contributed by atoms with Crippen molar-refractivity contribution in [1.82, 2.24) is 19.6 Å². The van der Waals surface area contributed by atoms with Crippen molar-refractivity contribution in [2.75, 3.05) is 6.26 Å². The molecule has 0 unspecified atom stereocenters. The average molecular weight is 196 g/mol. The van der Waals surface area contributed by atoms with Crippen LogP contribution in [0.15, 0.2) is 11.2 Å². The van der Waals surface area contributed by atoms with Gasteiger partial charge in [-0.2, -0.15) is 9.50 Å². The van der Waals surface area contributed by atoms with Gasteiger partial charge in [0.25, 0.3) is 5.78 Å². The average Bonchev–Trinajstić information content (AvgIpc) is 2.47.